The van der Waals surface area contributed by atoms with Crippen LogP contribution >= 0.6 is 0 Å². The van der Waals surface area contributed by atoms with E-state index in [4.69, 9.17) is 4.74 Å². The van der Waals surface area contributed by atoms with Gasteiger partial charge in [-0.25, -0.2) is 4.98 Å². The monoisotopic (exact) mass is 231 g/mol. The molecule has 4 heteroatoms. The number of H-pyrrole nitrogens is 1. The molecular formula is C13H17N3O. The lowest BCUT2D eigenvalue weighted by Crippen LogP contribution is -1.93. The first kappa shape index (κ1) is 11.6. The Morgan fingerprint density at radius 3 is 2.82 bits per heavy atom. The predicted octanol–water partition coefficient (Wildman–Crippen LogP) is 2.53. The summed E-state index contributed by atoms with van der Waals surface area (Å²) in [5.41, 5.74) is 1.16. The molecule has 90 valence electrons. The number of hydrogen-bond acceptors (Lipinski definition) is 3. The average Bonchev–Trinajstić information content (AvgIpc) is 2.78. The summed E-state index contributed by atoms with van der Waals surface area (Å²) in [7, 11) is 1.67. The zero-order valence-corrected chi connectivity index (χ0v) is 10.4. The molecule has 1 aromatic heterocycles. The van der Waals surface area contributed by atoms with Crippen LogP contribution in [0, 0.1) is 0 Å². The zero-order chi connectivity index (χ0) is 12.3. The second-order valence-corrected chi connectivity index (χ2v) is 4.32. The van der Waals surface area contributed by atoms with E-state index in [9.17, 15) is 0 Å². The number of aromatic amines is 1. The second kappa shape index (κ2) is 4.99. The molecule has 0 saturated heterocycles. The second-order valence-electron chi connectivity index (χ2n) is 4.32. The van der Waals surface area contributed by atoms with Crippen molar-refractivity contribution in [3.05, 3.63) is 41.5 Å². The molecule has 0 fully saturated rings. The van der Waals surface area contributed by atoms with Gasteiger partial charge in [-0.1, -0.05) is 26.0 Å². The first-order valence-electron chi connectivity index (χ1n) is 5.73. The van der Waals surface area contributed by atoms with E-state index in [0.717, 1.165) is 29.4 Å². The van der Waals surface area contributed by atoms with E-state index in [0.29, 0.717) is 5.92 Å². The molecule has 2 aromatic rings. The molecule has 0 aliphatic heterocycles. The molecule has 0 saturated carbocycles. The summed E-state index contributed by atoms with van der Waals surface area (Å²) in [5, 5.41) is 7.16. The zero-order valence-electron chi connectivity index (χ0n) is 10.4. The van der Waals surface area contributed by atoms with Gasteiger partial charge >= 0.3 is 0 Å². The van der Waals surface area contributed by atoms with Crippen molar-refractivity contribution in [1.82, 2.24) is 15.2 Å². The third kappa shape index (κ3) is 2.84. The lowest BCUT2D eigenvalue weighted by molar-refractivity contribution is 0.414. The fraction of sp³-hybridized carbons (Fsp3) is 0.385. The van der Waals surface area contributed by atoms with Crippen molar-refractivity contribution >= 4 is 0 Å². The SMILES string of the molecule is COc1cccc(Cc2nc(C(C)C)n[nH]2)c1. The number of ether oxygens (including phenoxy) is 1. The van der Waals surface area contributed by atoms with Crippen molar-refractivity contribution in [2.24, 2.45) is 0 Å². The predicted molar refractivity (Wildman–Crippen MR) is 66.3 cm³/mol. The maximum Gasteiger partial charge on any atom is 0.153 e. The highest BCUT2D eigenvalue weighted by Gasteiger charge is 2.07. The molecule has 1 aromatic carbocycles. The Balaban J connectivity index is 2.13. The van der Waals surface area contributed by atoms with Gasteiger partial charge in [0.1, 0.15) is 11.6 Å². The Labute approximate surface area is 101 Å². The smallest absolute Gasteiger partial charge is 0.153 e. The summed E-state index contributed by atoms with van der Waals surface area (Å²) < 4.78 is 5.19. The van der Waals surface area contributed by atoms with Crippen molar-refractivity contribution in [2.45, 2.75) is 26.2 Å². The van der Waals surface area contributed by atoms with Gasteiger partial charge in [-0.15, -0.1) is 0 Å². The Bertz CT molecular complexity index is 491. The van der Waals surface area contributed by atoms with Gasteiger partial charge < -0.3 is 4.74 Å². The topological polar surface area (TPSA) is 50.8 Å². The van der Waals surface area contributed by atoms with Crippen molar-refractivity contribution in [3.8, 4) is 5.75 Å². The summed E-state index contributed by atoms with van der Waals surface area (Å²) >= 11 is 0. The molecule has 17 heavy (non-hydrogen) atoms. The summed E-state index contributed by atoms with van der Waals surface area (Å²) in [5.74, 6) is 2.97. The van der Waals surface area contributed by atoms with Crippen LogP contribution in [-0.2, 0) is 6.42 Å². The van der Waals surface area contributed by atoms with Gasteiger partial charge in [-0.05, 0) is 17.7 Å². The molecule has 0 aliphatic carbocycles. The van der Waals surface area contributed by atoms with Gasteiger partial charge in [0.2, 0.25) is 0 Å². The Morgan fingerprint density at radius 2 is 2.18 bits per heavy atom. The number of nitrogens with one attached hydrogen (secondary N) is 1. The molecule has 4 nitrogen and oxygen atoms in total. The molecule has 0 unspecified atom stereocenters. The molecule has 1 heterocycles. The normalized spacial score (nSPS) is 10.8. The van der Waals surface area contributed by atoms with Gasteiger partial charge in [0.25, 0.3) is 0 Å². The molecule has 0 amide bonds. The van der Waals surface area contributed by atoms with Crippen molar-refractivity contribution in [1.29, 1.82) is 0 Å². The minimum atomic E-state index is 0.352. The fourth-order valence-electron chi connectivity index (χ4n) is 1.62. The van der Waals surface area contributed by atoms with Crippen LogP contribution in [0.4, 0.5) is 0 Å². The number of aromatic nitrogens is 3. The van der Waals surface area contributed by atoms with Crippen molar-refractivity contribution in [2.75, 3.05) is 7.11 Å². The molecular weight excluding hydrogens is 214 g/mol. The van der Waals surface area contributed by atoms with E-state index in [2.05, 4.69) is 35.1 Å². The van der Waals surface area contributed by atoms with Crippen LogP contribution in [0.3, 0.4) is 0 Å². The number of nitrogens with zero attached hydrogens (tertiary/aromatic N) is 2. The standard InChI is InChI=1S/C13H17N3O/c1-9(2)13-14-12(15-16-13)8-10-5-4-6-11(7-10)17-3/h4-7,9H,8H2,1-3H3,(H,14,15,16). The van der Waals surface area contributed by atoms with Gasteiger partial charge in [-0.2, -0.15) is 5.10 Å². The highest BCUT2D eigenvalue weighted by Crippen LogP contribution is 2.15. The van der Waals surface area contributed by atoms with Gasteiger partial charge in [0.05, 0.1) is 7.11 Å². The summed E-state index contributed by atoms with van der Waals surface area (Å²) in [6.45, 7) is 4.16. The summed E-state index contributed by atoms with van der Waals surface area (Å²) in [6, 6.07) is 7.98. The van der Waals surface area contributed by atoms with Crippen LogP contribution in [0.1, 0.15) is 37.0 Å². The number of benzene rings is 1. The minimum Gasteiger partial charge on any atom is -0.497 e. The summed E-state index contributed by atoms with van der Waals surface area (Å²) in [6.07, 6.45) is 0.747. The molecule has 0 spiro atoms. The largest absolute Gasteiger partial charge is 0.497 e. The van der Waals surface area contributed by atoms with Gasteiger partial charge in [0.15, 0.2) is 5.82 Å². The number of hydrogen-bond donors (Lipinski definition) is 1. The third-order valence-corrected chi connectivity index (χ3v) is 2.57. The first-order valence-corrected chi connectivity index (χ1v) is 5.73. The number of rotatable bonds is 4. The minimum absolute atomic E-state index is 0.352. The maximum absolute atomic E-state index is 5.19. The first-order chi connectivity index (χ1) is 8.19. The van der Waals surface area contributed by atoms with E-state index >= 15 is 0 Å². The van der Waals surface area contributed by atoms with Crippen LogP contribution in [-0.4, -0.2) is 22.3 Å². The van der Waals surface area contributed by atoms with Crippen LogP contribution in [0.15, 0.2) is 24.3 Å². The molecule has 1 N–H and O–H groups in total. The third-order valence-electron chi connectivity index (χ3n) is 2.57. The van der Waals surface area contributed by atoms with E-state index in [1.807, 2.05) is 18.2 Å². The van der Waals surface area contributed by atoms with E-state index < -0.39 is 0 Å². The van der Waals surface area contributed by atoms with Crippen molar-refractivity contribution in [3.63, 3.8) is 0 Å². The summed E-state index contributed by atoms with van der Waals surface area (Å²) in [4.78, 5) is 4.45. The molecule has 0 atom stereocenters. The van der Waals surface area contributed by atoms with E-state index in [1.54, 1.807) is 7.11 Å². The molecule has 0 bridgehead atoms. The molecule has 0 aliphatic rings. The Hall–Kier alpha value is -1.84. The highest BCUT2D eigenvalue weighted by molar-refractivity contribution is 5.30. The Morgan fingerprint density at radius 1 is 1.35 bits per heavy atom. The average molecular weight is 231 g/mol. The maximum atomic E-state index is 5.19. The Kier molecular flexibility index (Phi) is 3.42. The fourth-order valence-corrected chi connectivity index (χ4v) is 1.62. The van der Waals surface area contributed by atoms with E-state index in [-0.39, 0.29) is 0 Å². The van der Waals surface area contributed by atoms with E-state index in [1.165, 1.54) is 0 Å². The lowest BCUT2D eigenvalue weighted by Gasteiger charge is -2.02. The van der Waals surface area contributed by atoms with Crippen LogP contribution in [0.2, 0.25) is 0 Å². The number of methoxy groups -OCH3 is 1. The molecule has 2 rings (SSSR count). The van der Waals surface area contributed by atoms with Crippen LogP contribution in [0.5, 0.6) is 5.75 Å². The lowest BCUT2D eigenvalue weighted by atomic mass is 10.1. The van der Waals surface area contributed by atoms with Gasteiger partial charge in [0, 0.05) is 12.3 Å². The van der Waals surface area contributed by atoms with Crippen LogP contribution < -0.4 is 4.74 Å². The highest BCUT2D eigenvalue weighted by atomic mass is 16.5. The van der Waals surface area contributed by atoms with Crippen molar-refractivity contribution < 1.29 is 4.74 Å². The quantitative estimate of drug-likeness (QED) is 0.879. The van der Waals surface area contributed by atoms with Crippen LogP contribution in [0.25, 0.3) is 0 Å². The van der Waals surface area contributed by atoms with Gasteiger partial charge in [-0.3, -0.25) is 5.10 Å². The molecule has 0 radical (unpaired) electrons.